The van der Waals surface area contributed by atoms with Gasteiger partial charge < -0.3 is 4.90 Å². The third-order valence-electron chi connectivity index (χ3n) is 4.73. The summed E-state index contributed by atoms with van der Waals surface area (Å²) in [7, 11) is 0. The first-order valence-electron chi connectivity index (χ1n) is 8.66. The molecule has 1 fully saturated rings. The van der Waals surface area contributed by atoms with E-state index in [1.165, 1.54) is 0 Å². The maximum Gasteiger partial charge on any atom is 0.265 e. The van der Waals surface area contributed by atoms with Crippen molar-refractivity contribution in [3.05, 3.63) is 75.2 Å². The summed E-state index contributed by atoms with van der Waals surface area (Å²) >= 11 is 5.95. The Morgan fingerprint density at radius 1 is 1.12 bits per heavy atom. The number of carbonyl (C=O) groups is 1. The Balaban J connectivity index is 1.84. The minimum atomic E-state index is -0.303. The Labute approximate surface area is 155 Å². The molecule has 0 spiro atoms. The van der Waals surface area contributed by atoms with Crippen molar-refractivity contribution >= 4 is 28.5 Å². The van der Waals surface area contributed by atoms with Gasteiger partial charge in [-0.25, -0.2) is 4.98 Å². The maximum atomic E-state index is 13.1. The van der Waals surface area contributed by atoms with Crippen LogP contribution in [0.1, 0.15) is 28.8 Å². The normalized spacial score (nSPS) is 14.1. The second kappa shape index (κ2) is 6.92. The van der Waals surface area contributed by atoms with Gasteiger partial charge in [-0.1, -0.05) is 23.7 Å². The Morgan fingerprint density at radius 3 is 2.58 bits per heavy atom. The predicted molar refractivity (Wildman–Crippen MR) is 102 cm³/mol. The Hall–Kier alpha value is -2.66. The number of carbonyl (C=O) groups excluding carboxylic acids is 1. The number of fused-ring (bicyclic) bond motifs is 1. The molecule has 4 rings (SSSR count). The fourth-order valence-electron chi connectivity index (χ4n) is 3.37. The number of amides is 1. The Kier molecular flexibility index (Phi) is 4.47. The number of benzene rings is 1. The summed E-state index contributed by atoms with van der Waals surface area (Å²) in [5.74, 6) is -0.192. The number of rotatable bonds is 3. The molecule has 5 nitrogen and oxygen atoms in total. The SMILES string of the molecule is O=C(c1cc2cccnc2n(Cc2ccc(Cl)cc2)c1=O)N1CCCC1. The van der Waals surface area contributed by atoms with Gasteiger partial charge in [-0.15, -0.1) is 0 Å². The van der Waals surface area contributed by atoms with Crippen LogP contribution in [-0.2, 0) is 6.54 Å². The van der Waals surface area contributed by atoms with Gasteiger partial charge in [0.2, 0.25) is 0 Å². The molecule has 1 aromatic carbocycles. The first kappa shape index (κ1) is 16.8. The van der Waals surface area contributed by atoms with Crippen LogP contribution in [0.5, 0.6) is 0 Å². The van der Waals surface area contributed by atoms with Gasteiger partial charge in [-0.3, -0.25) is 14.2 Å². The van der Waals surface area contributed by atoms with Gasteiger partial charge in [0.1, 0.15) is 11.2 Å². The van der Waals surface area contributed by atoms with E-state index < -0.39 is 0 Å². The van der Waals surface area contributed by atoms with E-state index in [0.29, 0.717) is 30.3 Å². The van der Waals surface area contributed by atoms with Crippen LogP contribution in [-0.4, -0.2) is 33.4 Å². The van der Waals surface area contributed by atoms with Gasteiger partial charge >= 0.3 is 0 Å². The zero-order valence-corrected chi connectivity index (χ0v) is 14.9. The van der Waals surface area contributed by atoms with E-state index in [0.717, 1.165) is 23.8 Å². The van der Waals surface area contributed by atoms with E-state index >= 15 is 0 Å². The van der Waals surface area contributed by atoms with Crippen molar-refractivity contribution in [1.29, 1.82) is 0 Å². The van der Waals surface area contributed by atoms with Gasteiger partial charge in [0.15, 0.2) is 0 Å². The van der Waals surface area contributed by atoms with Crippen LogP contribution >= 0.6 is 11.6 Å². The lowest BCUT2D eigenvalue weighted by molar-refractivity contribution is 0.0790. The van der Waals surface area contributed by atoms with Crippen LogP contribution in [0.2, 0.25) is 5.02 Å². The minimum absolute atomic E-state index is 0.192. The summed E-state index contributed by atoms with van der Waals surface area (Å²) in [5.41, 5.74) is 1.41. The highest BCUT2D eigenvalue weighted by Crippen LogP contribution is 2.17. The first-order valence-corrected chi connectivity index (χ1v) is 9.03. The van der Waals surface area contributed by atoms with E-state index in [1.54, 1.807) is 33.9 Å². The Morgan fingerprint density at radius 2 is 1.85 bits per heavy atom. The zero-order chi connectivity index (χ0) is 18.1. The molecular weight excluding hydrogens is 350 g/mol. The first-order chi connectivity index (χ1) is 12.6. The number of pyridine rings is 2. The van der Waals surface area contributed by atoms with Crippen LogP contribution in [0.25, 0.3) is 11.0 Å². The molecule has 0 unspecified atom stereocenters. The lowest BCUT2D eigenvalue weighted by Crippen LogP contribution is -2.35. The van der Waals surface area contributed by atoms with Crippen LogP contribution < -0.4 is 5.56 Å². The molecule has 0 radical (unpaired) electrons. The summed E-state index contributed by atoms with van der Waals surface area (Å²) in [6.45, 7) is 1.76. The zero-order valence-electron chi connectivity index (χ0n) is 14.2. The molecule has 0 N–H and O–H groups in total. The lowest BCUT2D eigenvalue weighted by atomic mass is 10.1. The molecule has 0 aliphatic carbocycles. The molecule has 1 amide bonds. The highest BCUT2D eigenvalue weighted by atomic mass is 35.5. The number of hydrogen-bond donors (Lipinski definition) is 0. The molecule has 1 aliphatic rings. The summed E-state index contributed by atoms with van der Waals surface area (Å²) in [4.78, 5) is 32.1. The van der Waals surface area contributed by atoms with Gasteiger partial charge in [0, 0.05) is 29.7 Å². The molecule has 3 aromatic rings. The molecule has 1 aliphatic heterocycles. The van der Waals surface area contributed by atoms with Gasteiger partial charge in [0.05, 0.1) is 6.54 Å². The number of halogens is 1. The molecule has 26 heavy (non-hydrogen) atoms. The quantitative estimate of drug-likeness (QED) is 0.713. The second-order valence-corrected chi connectivity index (χ2v) is 6.93. The van der Waals surface area contributed by atoms with E-state index in [2.05, 4.69) is 4.98 Å². The molecule has 0 saturated carbocycles. The van der Waals surface area contributed by atoms with E-state index in [-0.39, 0.29) is 17.0 Å². The third kappa shape index (κ3) is 3.10. The predicted octanol–water partition coefficient (Wildman–Crippen LogP) is 3.33. The Bertz CT molecular complexity index is 1020. The van der Waals surface area contributed by atoms with Crippen LogP contribution in [0.15, 0.2) is 53.5 Å². The minimum Gasteiger partial charge on any atom is -0.338 e. The average molecular weight is 368 g/mol. The van der Waals surface area contributed by atoms with Crippen LogP contribution in [0.4, 0.5) is 0 Å². The summed E-state index contributed by atoms with van der Waals surface area (Å²) < 4.78 is 1.57. The fourth-order valence-corrected chi connectivity index (χ4v) is 3.50. The van der Waals surface area contributed by atoms with Gasteiger partial charge in [0.25, 0.3) is 11.5 Å². The standard InChI is InChI=1S/C20H18ClN3O2/c21-16-7-5-14(6-8-16)13-24-18-15(4-3-9-22-18)12-17(20(24)26)19(25)23-10-1-2-11-23/h3-9,12H,1-2,10-11,13H2. The van der Waals surface area contributed by atoms with Crippen molar-refractivity contribution < 1.29 is 4.79 Å². The lowest BCUT2D eigenvalue weighted by Gasteiger charge is -2.17. The largest absolute Gasteiger partial charge is 0.338 e. The van der Waals surface area contributed by atoms with Crippen molar-refractivity contribution in [2.75, 3.05) is 13.1 Å². The number of aromatic nitrogens is 2. The molecule has 132 valence electrons. The summed E-state index contributed by atoms with van der Waals surface area (Å²) in [6, 6.07) is 12.7. The van der Waals surface area contributed by atoms with Gasteiger partial charge in [-0.05, 0) is 48.7 Å². The third-order valence-corrected chi connectivity index (χ3v) is 4.98. The topological polar surface area (TPSA) is 55.2 Å². The molecule has 1 saturated heterocycles. The van der Waals surface area contributed by atoms with Crippen LogP contribution in [0.3, 0.4) is 0 Å². The molecule has 6 heteroatoms. The van der Waals surface area contributed by atoms with Crippen molar-refractivity contribution in [2.24, 2.45) is 0 Å². The molecule has 2 aromatic heterocycles. The summed E-state index contributed by atoms with van der Waals surface area (Å²) in [6.07, 6.45) is 3.63. The average Bonchev–Trinajstić information content (AvgIpc) is 3.19. The number of hydrogen-bond acceptors (Lipinski definition) is 3. The maximum absolute atomic E-state index is 13.1. The summed E-state index contributed by atoms with van der Waals surface area (Å²) in [5, 5.41) is 1.42. The molecule has 0 atom stereocenters. The molecule has 0 bridgehead atoms. The van der Waals surface area contributed by atoms with Crippen molar-refractivity contribution in [3.8, 4) is 0 Å². The number of nitrogens with zero attached hydrogens (tertiary/aromatic N) is 3. The highest BCUT2D eigenvalue weighted by Gasteiger charge is 2.24. The van der Waals surface area contributed by atoms with Gasteiger partial charge in [-0.2, -0.15) is 0 Å². The van der Waals surface area contributed by atoms with E-state index in [4.69, 9.17) is 11.6 Å². The van der Waals surface area contributed by atoms with E-state index in [1.807, 2.05) is 24.3 Å². The van der Waals surface area contributed by atoms with Crippen LogP contribution in [0, 0.1) is 0 Å². The molecule has 3 heterocycles. The smallest absolute Gasteiger partial charge is 0.265 e. The van der Waals surface area contributed by atoms with E-state index in [9.17, 15) is 9.59 Å². The monoisotopic (exact) mass is 367 g/mol. The second-order valence-electron chi connectivity index (χ2n) is 6.49. The molecular formula is C20H18ClN3O2. The van der Waals surface area contributed by atoms with Crippen molar-refractivity contribution in [1.82, 2.24) is 14.5 Å². The fraction of sp³-hybridized carbons (Fsp3) is 0.250. The van der Waals surface area contributed by atoms with Crippen molar-refractivity contribution in [3.63, 3.8) is 0 Å². The number of likely N-dealkylation sites (tertiary alicyclic amines) is 1. The highest BCUT2D eigenvalue weighted by molar-refractivity contribution is 6.30. The van der Waals surface area contributed by atoms with Crippen molar-refractivity contribution in [2.45, 2.75) is 19.4 Å².